The number of ether oxygens (including phenoxy) is 2. The van der Waals surface area contributed by atoms with Crippen LogP contribution in [0.1, 0.15) is 72.2 Å². The fraction of sp³-hybridized carbons (Fsp3) is 0.192. The topological polar surface area (TPSA) is 83.6 Å². The van der Waals surface area contributed by atoms with Crippen LogP contribution in [0.15, 0.2) is 120 Å². The van der Waals surface area contributed by atoms with Crippen LogP contribution in [0.4, 0.5) is 46.5 Å². The summed E-state index contributed by atoms with van der Waals surface area (Å²) in [5.74, 6) is -16.3. The maximum atomic E-state index is 14.4. The molecule has 69 heavy (non-hydrogen) atoms. The quantitative estimate of drug-likeness (QED) is 0.0374. The number of aliphatic imine (C=N–C) groups is 2. The van der Waals surface area contributed by atoms with Crippen molar-refractivity contribution >= 4 is 42.4 Å². The van der Waals surface area contributed by atoms with Gasteiger partial charge in [0.2, 0.25) is 23.3 Å². The fourth-order valence-electron chi connectivity index (χ4n) is 7.02. The summed E-state index contributed by atoms with van der Waals surface area (Å²) < 4.78 is 124. The van der Waals surface area contributed by atoms with Crippen LogP contribution in [0.2, 0.25) is 0 Å². The molecular weight excluding hydrogens is 987 g/mol. The van der Waals surface area contributed by atoms with Gasteiger partial charge >= 0.3 is 35.6 Å². The Kier molecular flexibility index (Phi) is 19.8. The van der Waals surface area contributed by atoms with E-state index in [2.05, 4.69) is 32.6 Å². The van der Waals surface area contributed by atoms with Gasteiger partial charge in [0.15, 0.2) is 34.8 Å². The third-order valence-corrected chi connectivity index (χ3v) is 10.7. The SMILES string of the molecule is C=CCOc1c(F)c(F)c(N=Cc2cc(C)cc(C(C)(C)c3ccccc3)c2O)c(F)c1F.C=CCOc1c(F)c(F)c(N=Cc2cc(C)cc(C(C)(C)c3ccccc3)c2O)c(F)c1F.[Cl][Ti][Cl]. The van der Waals surface area contributed by atoms with E-state index in [0.717, 1.165) is 34.7 Å². The first-order chi connectivity index (χ1) is 32.6. The van der Waals surface area contributed by atoms with Crippen molar-refractivity contribution in [1.82, 2.24) is 0 Å². The predicted octanol–water partition coefficient (Wildman–Crippen LogP) is 15.2. The summed E-state index contributed by atoms with van der Waals surface area (Å²) in [6, 6.07) is 25.6. The molecule has 0 aliphatic rings. The average Bonchev–Trinajstić information content (AvgIpc) is 3.33. The van der Waals surface area contributed by atoms with E-state index >= 15 is 0 Å². The monoisotopic (exact) mass is 1030 g/mol. The van der Waals surface area contributed by atoms with Gasteiger partial charge in [0.05, 0.1) is 0 Å². The summed E-state index contributed by atoms with van der Waals surface area (Å²) in [6.07, 6.45) is 4.29. The van der Waals surface area contributed by atoms with Crippen molar-refractivity contribution in [2.75, 3.05) is 13.2 Å². The summed E-state index contributed by atoms with van der Waals surface area (Å²) in [4.78, 5) is 7.25. The van der Waals surface area contributed by atoms with Gasteiger partial charge in [0.1, 0.15) is 36.1 Å². The minimum absolute atomic E-state index is 0.139. The number of aromatic hydroxyl groups is 2. The molecule has 6 nitrogen and oxygen atoms in total. The van der Waals surface area contributed by atoms with Crippen molar-refractivity contribution in [3.8, 4) is 23.0 Å². The standard InChI is InChI=1S/2C26H23F4NO2.2ClH.Ti/c2*1-5-11-33-25-21(29)19(27)23(20(28)22(25)30)31-14-16-12-15(2)13-18(24(16)32)26(3,4)17-9-7-6-8-10-17;;;/h2*5-10,12-14,32H,1,11H2,2-4H3;2*1H;/q;;;;+2/p-2. The molecule has 0 spiro atoms. The van der Waals surface area contributed by atoms with E-state index in [0.29, 0.717) is 11.1 Å². The molecule has 0 aliphatic carbocycles. The summed E-state index contributed by atoms with van der Waals surface area (Å²) in [6.45, 7) is 17.2. The number of hydrogen-bond acceptors (Lipinski definition) is 6. The number of rotatable bonds is 14. The van der Waals surface area contributed by atoms with E-state index in [9.17, 15) is 45.3 Å². The van der Waals surface area contributed by atoms with E-state index in [-0.39, 0.29) is 35.8 Å². The molecule has 0 heterocycles. The van der Waals surface area contributed by atoms with Gasteiger partial charge in [-0.15, -0.1) is 0 Å². The first kappa shape index (κ1) is 55.7. The molecule has 6 aromatic carbocycles. The van der Waals surface area contributed by atoms with Crippen LogP contribution >= 0.6 is 18.6 Å². The van der Waals surface area contributed by atoms with E-state index in [4.69, 9.17) is 18.6 Å². The van der Waals surface area contributed by atoms with E-state index in [1.807, 2.05) is 88.4 Å². The third-order valence-electron chi connectivity index (χ3n) is 10.7. The van der Waals surface area contributed by atoms with Crippen molar-refractivity contribution in [1.29, 1.82) is 0 Å². The Balaban J connectivity index is 0.000000284. The molecule has 0 saturated carbocycles. The molecular formula is C52H46Cl2F8N2O4Ti. The second-order valence-corrected chi connectivity index (χ2v) is 18.7. The zero-order valence-corrected chi connectivity index (χ0v) is 41.2. The molecule has 0 unspecified atom stereocenters. The molecule has 0 radical (unpaired) electrons. The second-order valence-electron chi connectivity index (χ2n) is 16.1. The van der Waals surface area contributed by atoms with Gasteiger partial charge in [0.25, 0.3) is 0 Å². The van der Waals surface area contributed by atoms with Crippen molar-refractivity contribution < 1.29 is 71.8 Å². The van der Waals surface area contributed by atoms with E-state index < -0.39 is 97.3 Å². The van der Waals surface area contributed by atoms with Crippen LogP contribution in [-0.4, -0.2) is 35.9 Å². The Hall–Kier alpha value is -5.93. The Morgan fingerprint density at radius 3 is 1.10 bits per heavy atom. The Morgan fingerprint density at radius 2 is 0.826 bits per heavy atom. The van der Waals surface area contributed by atoms with Crippen LogP contribution in [0.25, 0.3) is 0 Å². The van der Waals surface area contributed by atoms with Crippen molar-refractivity contribution in [2.45, 2.75) is 52.4 Å². The molecule has 0 bridgehead atoms. The van der Waals surface area contributed by atoms with Gasteiger partial charge in [-0.1, -0.05) is 126 Å². The molecule has 0 aliphatic heterocycles. The minimum atomic E-state index is -1.71. The van der Waals surface area contributed by atoms with Crippen molar-refractivity contribution in [2.24, 2.45) is 9.98 Å². The summed E-state index contributed by atoms with van der Waals surface area (Å²) in [7, 11) is 9.78. The first-order valence-corrected chi connectivity index (χ1v) is 24.9. The number of halogens is 10. The van der Waals surface area contributed by atoms with Gasteiger partial charge in [-0.25, -0.2) is 27.5 Å². The number of benzene rings is 6. The van der Waals surface area contributed by atoms with Crippen molar-refractivity contribution in [3.63, 3.8) is 0 Å². The zero-order valence-electron chi connectivity index (χ0n) is 38.1. The van der Waals surface area contributed by atoms with Crippen LogP contribution in [0.3, 0.4) is 0 Å². The Bertz CT molecular complexity index is 2620. The normalized spacial score (nSPS) is 11.4. The predicted molar refractivity (Wildman–Crippen MR) is 253 cm³/mol. The number of phenolic OH excluding ortho intramolecular Hbond substituents is 2. The van der Waals surface area contributed by atoms with Gasteiger partial charge in [-0.2, -0.15) is 17.6 Å². The molecule has 6 aromatic rings. The van der Waals surface area contributed by atoms with Crippen LogP contribution in [-0.2, 0) is 27.9 Å². The molecule has 0 amide bonds. The number of aryl methyl sites for hydroxylation is 2. The first-order valence-electron chi connectivity index (χ1n) is 20.6. The van der Waals surface area contributed by atoms with Gasteiger partial charge in [-0.05, 0) is 48.2 Å². The van der Waals surface area contributed by atoms with Crippen LogP contribution in [0, 0.1) is 60.4 Å². The van der Waals surface area contributed by atoms with Gasteiger partial charge in [0, 0.05) is 45.5 Å². The third kappa shape index (κ3) is 12.8. The molecule has 362 valence electrons. The number of hydrogen-bond donors (Lipinski definition) is 2. The molecule has 17 heteroatoms. The maximum absolute atomic E-state index is 14.4. The summed E-state index contributed by atoms with van der Waals surface area (Å²) in [5, 5.41) is 21.8. The summed E-state index contributed by atoms with van der Waals surface area (Å²) in [5.41, 5.74) is 1.21. The van der Waals surface area contributed by atoms with E-state index in [1.54, 1.807) is 38.1 Å². The van der Waals surface area contributed by atoms with E-state index in [1.165, 1.54) is 12.2 Å². The fourth-order valence-corrected chi connectivity index (χ4v) is 7.02. The number of nitrogens with zero attached hydrogens (tertiary/aromatic N) is 2. The van der Waals surface area contributed by atoms with Crippen molar-refractivity contribution in [3.05, 3.63) is 201 Å². The second kappa shape index (κ2) is 24.6. The molecule has 0 atom stereocenters. The molecule has 0 fully saturated rings. The van der Waals surface area contributed by atoms with Crippen LogP contribution < -0.4 is 9.47 Å². The molecule has 2 N–H and O–H groups in total. The van der Waals surface area contributed by atoms with Gasteiger partial charge in [-0.3, -0.25) is 0 Å². The Labute approximate surface area is 412 Å². The average molecular weight is 1030 g/mol. The number of phenols is 2. The Morgan fingerprint density at radius 1 is 0.536 bits per heavy atom. The molecule has 0 aromatic heterocycles. The van der Waals surface area contributed by atoms with Crippen LogP contribution in [0.5, 0.6) is 23.0 Å². The zero-order chi connectivity index (χ0) is 51.4. The summed E-state index contributed by atoms with van der Waals surface area (Å²) >= 11 is -0.556. The molecule has 6 rings (SSSR count). The van der Waals surface area contributed by atoms with Gasteiger partial charge < -0.3 is 19.7 Å². The molecule has 0 saturated heterocycles.